The smallest absolute Gasteiger partial charge is 0.0704 e. The molecule has 0 aromatic heterocycles. The van der Waals surface area contributed by atoms with Crippen LogP contribution in [-0.2, 0) is 9.47 Å². The number of hydroxylamine groups is 2. The highest BCUT2D eigenvalue weighted by Crippen LogP contribution is 2.39. The Balaban J connectivity index is 1.80. The Labute approximate surface area is 161 Å². The van der Waals surface area contributed by atoms with Gasteiger partial charge in [-0.3, -0.25) is 4.90 Å². The topological polar surface area (TPSA) is 45.2 Å². The van der Waals surface area contributed by atoms with Gasteiger partial charge in [0.05, 0.1) is 25.4 Å². The standard InChI is InChI=1S/C21H42N2O3/c1-18(2)12-16(13-19(3,4)22(18)9)25-10-11-26-17-14-20(5,6)23(24)21(7,8)15-17/h16-17,24H,10-15H2,1-9H3. The van der Waals surface area contributed by atoms with Gasteiger partial charge in [-0.2, -0.15) is 5.06 Å². The molecule has 2 fully saturated rings. The second kappa shape index (κ2) is 7.32. The van der Waals surface area contributed by atoms with Gasteiger partial charge in [0.15, 0.2) is 0 Å². The molecule has 0 atom stereocenters. The Kier molecular flexibility index (Phi) is 6.22. The van der Waals surface area contributed by atoms with Crippen molar-refractivity contribution in [1.82, 2.24) is 9.96 Å². The van der Waals surface area contributed by atoms with Gasteiger partial charge in [-0.05, 0) is 88.1 Å². The minimum Gasteiger partial charge on any atom is -0.376 e. The Morgan fingerprint density at radius 2 is 1.00 bits per heavy atom. The van der Waals surface area contributed by atoms with E-state index in [2.05, 4.69) is 67.3 Å². The van der Waals surface area contributed by atoms with Crippen molar-refractivity contribution < 1.29 is 14.7 Å². The molecular formula is C21H42N2O3. The number of nitrogens with zero attached hydrogens (tertiary/aromatic N) is 2. The monoisotopic (exact) mass is 370 g/mol. The lowest BCUT2D eigenvalue weighted by Gasteiger charge is -2.53. The third-order valence-electron chi connectivity index (χ3n) is 6.66. The molecule has 1 N–H and O–H groups in total. The van der Waals surface area contributed by atoms with Crippen LogP contribution in [0.1, 0.15) is 81.1 Å². The number of piperidine rings is 2. The number of hydrogen-bond donors (Lipinski definition) is 1. The average molecular weight is 371 g/mol. The highest BCUT2D eigenvalue weighted by Gasteiger charge is 2.46. The van der Waals surface area contributed by atoms with Crippen LogP contribution in [0.5, 0.6) is 0 Å². The highest BCUT2D eigenvalue weighted by molar-refractivity contribution is 4.99. The molecule has 0 amide bonds. The summed E-state index contributed by atoms with van der Waals surface area (Å²) < 4.78 is 12.4. The van der Waals surface area contributed by atoms with E-state index in [1.165, 1.54) is 5.06 Å². The molecule has 0 aliphatic carbocycles. The van der Waals surface area contributed by atoms with Crippen molar-refractivity contribution in [2.45, 2.75) is 115 Å². The molecular weight excluding hydrogens is 328 g/mol. The van der Waals surface area contributed by atoms with E-state index < -0.39 is 0 Å². The normalized spacial score (nSPS) is 29.8. The van der Waals surface area contributed by atoms with E-state index in [0.717, 1.165) is 25.7 Å². The van der Waals surface area contributed by atoms with Gasteiger partial charge in [-0.1, -0.05) is 0 Å². The van der Waals surface area contributed by atoms with Crippen LogP contribution in [0.3, 0.4) is 0 Å². The first kappa shape index (κ1) is 22.1. The van der Waals surface area contributed by atoms with Crippen LogP contribution in [-0.4, -0.2) is 69.8 Å². The number of hydrogen-bond acceptors (Lipinski definition) is 5. The SMILES string of the molecule is CN1C(C)(C)CC(OCCOC2CC(C)(C)N(O)C(C)(C)C2)CC1(C)C. The molecule has 0 spiro atoms. The van der Waals surface area contributed by atoms with Crippen LogP contribution >= 0.6 is 0 Å². The Morgan fingerprint density at radius 1 is 0.692 bits per heavy atom. The second-order valence-corrected chi connectivity index (χ2v) is 10.9. The summed E-state index contributed by atoms with van der Waals surface area (Å²) in [5.41, 5.74) is -0.241. The zero-order chi connectivity index (χ0) is 20.0. The summed E-state index contributed by atoms with van der Waals surface area (Å²) in [5.74, 6) is 0. The molecule has 2 saturated heterocycles. The minimum absolute atomic E-state index is 0.148. The summed E-state index contributed by atoms with van der Waals surface area (Å²) >= 11 is 0. The third kappa shape index (κ3) is 4.79. The fourth-order valence-electron chi connectivity index (χ4n) is 5.12. The fourth-order valence-corrected chi connectivity index (χ4v) is 5.12. The lowest BCUT2D eigenvalue weighted by Crippen LogP contribution is -2.60. The predicted molar refractivity (Wildman–Crippen MR) is 106 cm³/mol. The zero-order valence-corrected chi connectivity index (χ0v) is 18.6. The van der Waals surface area contributed by atoms with Gasteiger partial charge in [-0.15, -0.1) is 0 Å². The summed E-state index contributed by atoms with van der Waals surface area (Å²) in [6.07, 6.45) is 4.22. The maximum atomic E-state index is 10.4. The van der Waals surface area contributed by atoms with E-state index in [1.54, 1.807) is 0 Å². The molecule has 5 nitrogen and oxygen atoms in total. The van der Waals surface area contributed by atoms with Crippen LogP contribution in [0, 0.1) is 0 Å². The summed E-state index contributed by atoms with van der Waals surface area (Å²) in [6.45, 7) is 18.7. The van der Waals surface area contributed by atoms with E-state index in [1.807, 2.05) is 0 Å². The molecule has 0 bridgehead atoms. The minimum atomic E-state index is -0.269. The van der Waals surface area contributed by atoms with Gasteiger partial charge < -0.3 is 14.7 Å². The van der Waals surface area contributed by atoms with E-state index in [-0.39, 0.29) is 34.4 Å². The fraction of sp³-hybridized carbons (Fsp3) is 1.00. The molecule has 0 aromatic rings. The van der Waals surface area contributed by atoms with E-state index in [4.69, 9.17) is 9.47 Å². The number of rotatable bonds is 5. The molecule has 0 saturated carbocycles. The zero-order valence-electron chi connectivity index (χ0n) is 18.6. The first-order valence-electron chi connectivity index (χ1n) is 10.1. The van der Waals surface area contributed by atoms with Crippen molar-refractivity contribution in [1.29, 1.82) is 0 Å². The average Bonchev–Trinajstić information content (AvgIpc) is 2.45. The molecule has 2 rings (SSSR count). The summed E-state index contributed by atoms with van der Waals surface area (Å²) in [7, 11) is 2.22. The quantitative estimate of drug-likeness (QED) is 0.739. The van der Waals surface area contributed by atoms with Gasteiger partial charge in [0, 0.05) is 22.2 Å². The Morgan fingerprint density at radius 3 is 1.35 bits per heavy atom. The Hall–Kier alpha value is -0.200. The molecule has 154 valence electrons. The van der Waals surface area contributed by atoms with Crippen molar-refractivity contribution >= 4 is 0 Å². The highest BCUT2D eigenvalue weighted by atomic mass is 16.5. The van der Waals surface area contributed by atoms with Gasteiger partial charge in [0.2, 0.25) is 0 Å². The molecule has 2 aliphatic rings. The molecule has 0 radical (unpaired) electrons. The van der Waals surface area contributed by atoms with E-state index >= 15 is 0 Å². The maximum absolute atomic E-state index is 10.4. The van der Waals surface area contributed by atoms with Crippen LogP contribution in [0.2, 0.25) is 0 Å². The van der Waals surface area contributed by atoms with Crippen molar-refractivity contribution in [2.75, 3.05) is 20.3 Å². The first-order chi connectivity index (χ1) is 11.7. The Bertz CT molecular complexity index is 408. The first-order valence-corrected chi connectivity index (χ1v) is 10.1. The lowest BCUT2D eigenvalue weighted by atomic mass is 9.79. The largest absolute Gasteiger partial charge is 0.376 e. The molecule has 26 heavy (non-hydrogen) atoms. The lowest BCUT2D eigenvalue weighted by molar-refractivity contribution is -0.262. The third-order valence-corrected chi connectivity index (χ3v) is 6.66. The van der Waals surface area contributed by atoms with E-state index in [9.17, 15) is 5.21 Å². The second-order valence-electron chi connectivity index (χ2n) is 10.9. The van der Waals surface area contributed by atoms with E-state index in [0.29, 0.717) is 13.2 Å². The van der Waals surface area contributed by atoms with Gasteiger partial charge in [0.25, 0.3) is 0 Å². The van der Waals surface area contributed by atoms with Crippen molar-refractivity contribution in [2.24, 2.45) is 0 Å². The molecule has 2 aliphatic heterocycles. The predicted octanol–water partition coefficient (Wildman–Crippen LogP) is 4.08. The van der Waals surface area contributed by atoms with Crippen LogP contribution in [0.4, 0.5) is 0 Å². The summed E-state index contributed by atoms with van der Waals surface area (Å²) in [6, 6.07) is 0. The molecule has 5 heteroatoms. The van der Waals surface area contributed by atoms with Crippen molar-refractivity contribution in [3.05, 3.63) is 0 Å². The van der Waals surface area contributed by atoms with Crippen molar-refractivity contribution in [3.63, 3.8) is 0 Å². The van der Waals surface area contributed by atoms with Gasteiger partial charge in [0.1, 0.15) is 0 Å². The van der Waals surface area contributed by atoms with Gasteiger partial charge >= 0.3 is 0 Å². The molecule has 2 heterocycles. The number of ether oxygens (including phenoxy) is 2. The summed E-state index contributed by atoms with van der Waals surface area (Å²) in [5, 5.41) is 11.9. The maximum Gasteiger partial charge on any atom is 0.0704 e. The van der Waals surface area contributed by atoms with Crippen LogP contribution in [0.15, 0.2) is 0 Å². The van der Waals surface area contributed by atoms with Crippen LogP contribution < -0.4 is 0 Å². The van der Waals surface area contributed by atoms with Gasteiger partial charge in [-0.25, -0.2) is 0 Å². The molecule has 0 unspecified atom stereocenters. The van der Waals surface area contributed by atoms with Crippen molar-refractivity contribution in [3.8, 4) is 0 Å². The van der Waals surface area contributed by atoms with Crippen LogP contribution in [0.25, 0.3) is 0 Å². The number of likely N-dealkylation sites (tertiary alicyclic amines) is 1. The summed E-state index contributed by atoms with van der Waals surface area (Å²) in [4.78, 5) is 2.48. The molecule has 0 aromatic carbocycles.